The largest absolute Gasteiger partial charge is 0.480 e. The molecule has 1 aliphatic heterocycles. The normalized spacial score (nSPS) is 20.7. The van der Waals surface area contributed by atoms with Crippen molar-refractivity contribution in [3.05, 3.63) is 35.4 Å². The summed E-state index contributed by atoms with van der Waals surface area (Å²) in [6, 6.07) is 7.90. The Kier molecular flexibility index (Phi) is 6.79. The number of piperidine rings is 1. The average molecular weight is 390 g/mol. The van der Waals surface area contributed by atoms with Gasteiger partial charge >= 0.3 is 12.1 Å². The van der Waals surface area contributed by atoms with Crippen LogP contribution >= 0.6 is 0 Å². The summed E-state index contributed by atoms with van der Waals surface area (Å²) in [7, 11) is 0. The number of ether oxygens (including phenoxy) is 1. The first kappa shape index (κ1) is 22.3. The number of carbonyl (C=O) groups is 2. The second kappa shape index (κ2) is 8.54. The summed E-state index contributed by atoms with van der Waals surface area (Å²) in [6.07, 6.45) is 2.61. The van der Waals surface area contributed by atoms with Crippen LogP contribution in [0.2, 0.25) is 0 Å². The van der Waals surface area contributed by atoms with Crippen LogP contribution in [0.3, 0.4) is 0 Å². The van der Waals surface area contributed by atoms with E-state index in [4.69, 9.17) is 4.74 Å². The first-order valence-electron chi connectivity index (χ1n) is 10.2. The lowest BCUT2D eigenvalue weighted by molar-refractivity contribution is -0.145. The third-order valence-corrected chi connectivity index (χ3v) is 5.29. The second-order valence-corrected chi connectivity index (χ2v) is 9.90. The molecule has 5 nitrogen and oxygen atoms in total. The molecule has 1 heterocycles. The van der Waals surface area contributed by atoms with Gasteiger partial charge in [0.25, 0.3) is 0 Å². The quantitative estimate of drug-likeness (QED) is 0.785. The van der Waals surface area contributed by atoms with Crippen molar-refractivity contribution in [3.63, 3.8) is 0 Å². The van der Waals surface area contributed by atoms with Crippen LogP contribution in [0.4, 0.5) is 4.79 Å². The van der Waals surface area contributed by atoms with Crippen molar-refractivity contribution in [2.75, 3.05) is 6.54 Å². The highest BCUT2D eigenvalue weighted by atomic mass is 16.6. The zero-order valence-corrected chi connectivity index (χ0v) is 18.1. The summed E-state index contributed by atoms with van der Waals surface area (Å²) in [5.41, 5.74) is 2.10. The van der Waals surface area contributed by atoms with Crippen molar-refractivity contribution < 1.29 is 19.4 Å². The molecule has 1 saturated heterocycles. The summed E-state index contributed by atoms with van der Waals surface area (Å²) in [4.78, 5) is 25.5. The highest BCUT2D eigenvalue weighted by molar-refractivity contribution is 5.80. The zero-order chi connectivity index (χ0) is 21.1. The van der Waals surface area contributed by atoms with Gasteiger partial charge in [0.2, 0.25) is 0 Å². The highest BCUT2D eigenvalue weighted by Gasteiger charge is 2.38. The van der Waals surface area contributed by atoms with Gasteiger partial charge in [-0.2, -0.15) is 0 Å². The molecule has 2 atom stereocenters. The van der Waals surface area contributed by atoms with E-state index in [1.165, 1.54) is 16.0 Å². The molecule has 1 aliphatic rings. The molecule has 0 aromatic heterocycles. The molecule has 0 saturated carbocycles. The van der Waals surface area contributed by atoms with Gasteiger partial charge in [0.1, 0.15) is 11.6 Å². The first-order chi connectivity index (χ1) is 12.9. The highest BCUT2D eigenvalue weighted by Crippen LogP contribution is 2.29. The number of carboxylic acids is 1. The molecule has 0 bridgehead atoms. The van der Waals surface area contributed by atoms with E-state index in [9.17, 15) is 14.7 Å². The van der Waals surface area contributed by atoms with Crippen LogP contribution in [0.25, 0.3) is 0 Å². The Hall–Kier alpha value is -2.04. The SMILES string of the molecule is CC(C)(C)OC(=O)N1CC[C@H](CCc2ccc(C(C)(C)C)cc2)C[C@@H]1C(=O)O. The van der Waals surface area contributed by atoms with Gasteiger partial charge in [-0.3, -0.25) is 4.90 Å². The lowest BCUT2D eigenvalue weighted by Crippen LogP contribution is -2.51. The smallest absolute Gasteiger partial charge is 0.411 e. The number of amides is 1. The fraction of sp³-hybridized carbons (Fsp3) is 0.652. The van der Waals surface area contributed by atoms with Gasteiger partial charge in [-0.1, -0.05) is 45.0 Å². The summed E-state index contributed by atoms with van der Waals surface area (Å²) in [5, 5.41) is 9.62. The fourth-order valence-electron chi connectivity index (χ4n) is 3.62. The van der Waals surface area contributed by atoms with Gasteiger partial charge < -0.3 is 9.84 Å². The number of aliphatic carboxylic acids is 1. The molecule has 1 fully saturated rings. The van der Waals surface area contributed by atoms with Crippen molar-refractivity contribution in [2.24, 2.45) is 5.92 Å². The van der Waals surface area contributed by atoms with E-state index in [1.807, 2.05) is 0 Å². The fourth-order valence-corrected chi connectivity index (χ4v) is 3.62. The molecule has 1 amide bonds. The van der Waals surface area contributed by atoms with Crippen molar-refractivity contribution in [3.8, 4) is 0 Å². The number of hydrogen-bond donors (Lipinski definition) is 1. The minimum atomic E-state index is -0.954. The molecule has 156 valence electrons. The molecular weight excluding hydrogens is 354 g/mol. The molecule has 0 unspecified atom stereocenters. The molecule has 1 aromatic carbocycles. The molecule has 1 aromatic rings. The maximum absolute atomic E-state index is 12.4. The molecule has 0 aliphatic carbocycles. The topological polar surface area (TPSA) is 66.8 Å². The third kappa shape index (κ3) is 6.25. The first-order valence-corrected chi connectivity index (χ1v) is 10.2. The summed E-state index contributed by atoms with van der Waals surface area (Å²) >= 11 is 0. The van der Waals surface area contributed by atoms with Gasteiger partial charge in [-0.15, -0.1) is 0 Å². The van der Waals surface area contributed by atoms with Gasteiger partial charge in [0, 0.05) is 6.54 Å². The van der Waals surface area contributed by atoms with E-state index in [1.54, 1.807) is 20.8 Å². The molecule has 0 radical (unpaired) electrons. The van der Waals surface area contributed by atoms with Crippen molar-refractivity contribution in [2.45, 2.75) is 84.3 Å². The monoisotopic (exact) mass is 389 g/mol. The standard InChI is InChI=1S/C23H35NO4/c1-22(2,3)18-11-9-16(10-12-18)7-8-17-13-14-24(19(15-17)20(25)26)21(27)28-23(4,5)6/h9-12,17,19H,7-8,13-15H2,1-6H3,(H,25,26)/t17-,19+/m0/s1. The number of rotatable bonds is 4. The van der Waals surface area contributed by atoms with Crippen LogP contribution < -0.4 is 0 Å². The molecule has 5 heteroatoms. The van der Waals surface area contributed by atoms with Gasteiger partial charge in [-0.25, -0.2) is 9.59 Å². The maximum atomic E-state index is 12.4. The summed E-state index contributed by atoms with van der Waals surface area (Å²) in [6.45, 7) is 12.4. The summed E-state index contributed by atoms with van der Waals surface area (Å²) < 4.78 is 5.38. The number of benzene rings is 1. The molecule has 2 rings (SSSR count). The number of aryl methyl sites for hydroxylation is 1. The van der Waals surface area contributed by atoms with Crippen LogP contribution in [-0.4, -0.2) is 40.3 Å². The Morgan fingerprint density at radius 1 is 1.11 bits per heavy atom. The van der Waals surface area contributed by atoms with Gasteiger partial charge in [0.05, 0.1) is 0 Å². The molecule has 28 heavy (non-hydrogen) atoms. The minimum absolute atomic E-state index is 0.141. The second-order valence-electron chi connectivity index (χ2n) is 9.90. The Balaban J connectivity index is 1.95. The van der Waals surface area contributed by atoms with Crippen LogP contribution in [0, 0.1) is 5.92 Å². The van der Waals surface area contributed by atoms with E-state index >= 15 is 0 Å². The summed E-state index contributed by atoms with van der Waals surface area (Å²) in [5.74, 6) is -0.660. The van der Waals surface area contributed by atoms with Crippen LogP contribution in [0.1, 0.15) is 71.9 Å². The number of nitrogens with zero attached hydrogens (tertiary/aromatic N) is 1. The van der Waals surface area contributed by atoms with Crippen LogP contribution in [0.5, 0.6) is 0 Å². The maximum Gasteiger partial charge on any atom is 0.411 e. The predicted octanol–water partition coefficient (Wildman–Crippen LogP) is 5.02. The van der Waals surface area contributed by atoms with Gasteiger partial charge in [0.15, 0.2) is 0 Å². The number of hydrogen-bond acceptors (Lipinski definition) is 3. The van der Waals surface area contributed by atoms with Crippen molar-refractivity contribution in [1.29, 1.82) is 0 Å². The van der Waals surface area contributed by atoms with E-state index < -0.39 is 23.7 Å². The molecule has 1 N–H and O–H groups in total. The van der Waals surface area contributed by atoms with Crippen molar-refractivity contribution >= 4 is 12.1 Å². The van der Waals surface area contributed by atoms with E-state index in [0.717, 1.165) is 19.3 Å². The average Bonchev–Trinajstić information content (AvgIpc) is 2.57. The van der Waals surface area contributed by atoms with E-state index in [-0.39, 0.29) is 5.41 Å². The molecule has 0 spiro atoms. The minimum Gasteiger partial charge on any atom is -0.480 e. The molecular formula is C23H35NO4. The van der Waals surface area contributed by atoms with Crippen LogP contribution in [-0.2, 0) is 21.4 Å². The Labute approximate surface area is 169 Å². The van der Waals surface area contributed by atoms with Crippen molar-refractivity contribution in [1.82, 2.24) is 4.90 Å². The lowest BCUT2D eigenvalue weighted by Gasteiger charge is -2.38. The Bertz CT molecular complexity index is 682. The number of likely N-dealkylation sites (tertiary alicyclic amines) is 1. The number of carboxylic acid groups (broad SMARTS) is 1. The zero-order valence-electron chi connectivity index (χ0n) is 18.1. The van der Waals surface area contributed by atoms with E-state index in [2.05, 4.69) is 45.0 Å². The van der Waals surface area contributed by atoms with Crippen LogP contribution in [0.15, 0.2) is 24.3 Å². The Morgan fingerprint density at radius 3 is 2.21 bits per heavy atom. The van der Waals surface area contributed by atoms with E-state index in [0.29, 0.717) is 18.9 Å². The van der Waals surface area contributed by atoms with Gasteiger partial charge in [-0.05, 0) is 68.9 Å². The lowest BCUT2D eigenvalue weighted by atomic mass is 9.84. The Morgan fingerprint density at radius 2 is 1.71 bits per heavy atom. The third-order valence-electron chi connectivity index (χ3n) is 5.29. The predicted molar refractivity (Wildman–Crippen MR) is 111 cm³/mol. The number of carbonyl (C=O) groups excluding carboxylic acids is 1.